The van der Waals surface area contributed by atoms with E-state index in [1.54, 1.807) is 16.9 Å². The molecule has 1 fully saturated rings. The van der Waals surface area contributed by atoms with Gasteiger partial charge in [-0.15, -0.1) is 0 Å². The Balaban J connectivity index is 1.66. The van der Waals surface area contributed by atoms with Crippen molar-refractivity contribution in [1.82, 2.24) is 15.1 Å². The van der Waals surface area contributed by atoms with Crippen LogP contribution in [-0.2, 0) is 0 Å². The maximum absolute atomic E-state index is 12.0. The van der Waals surface area contributed by atoms with E-state index in [9.17, 15) is 4.79 Å². The average molecular weight is 270 g/mol. The molecule has 0 aliphatic heterocycles. The number of para-hydroxylation sites is 2. The molecule has 5 nitrogen and oxygen atoms in total. The van der Waals surface area contributed by atoms with Crippen LogP contribution < -0.4 is 11.1 Å². The van der Waals surface area contributed by atoms with E-state index in [1.807, 2.05) is 24.3 Å². The van der Waals surface area contributed by atoms with E-state index in [4.69, 9.17) is 5.73 Å². The number of rotatable bonds is 5. The van der Waals surface area contributed by atoms with Gasteiger partial charge in [0.15, 0.2) is 5.69 Å². The van der Waals surface area contributed by atoms with Crippen molar-refractivity contribution in [2.45, 2.75) is 19.3 Å². The number of anilines is 1. The summed E-state index contributed by atoms with van der Waals surface area (Å²) in [6, 6.07) is 9.15. The summed E-state index contributed by atoms with van der Waals surface area (Å²) in [5.41, 5.74) is 7.73. The molecule has 1 heterocycles. The van der Waals surface area contributed by atoms with Crippen molar-refractivity contribution in [2.75, 3.05) is 12.3 Å². The van der Waals surface area contributed by atoms with E-state index in [1.165, 1.54) is 12.8 Å². The number of carbonyl (C=O) groups excluding carboxylic acids is 1. The standard InChI is InChI=1S/C15H18N4O/c16-12-3-1-2-4-14(12)19-10-8-13(18-19)15(20)17-9-7-11-5-6-11/h1-4,8,10-11H,5-7,9,16H2,(H,17,20). The van der Waals surface area contributed by atoms with Crippen LogP contribution in [0.1, 0.15) is 29.8 Å². The van der Waals surface area contributed by atoms with Crippen molar-refractivity contribution in [3.8, 4) is 5.69 Å². The van der Waals surface area contributed by atoms with Crippen LogP contribution in [0.2, 0.25) is 0 Å². The second-order valence-electron chi connectivity index (χ2n) is 5.19. The normalized spacial score (nSPS) is 14.2. The molecule has 1 amide bonds. The molecule has 2 aromatic rings. The number of nitrogen functional groups attached to an aromatic ring is 1. The van der Waals surface area contributed by atoms with Crippen LogP contribution in [0.15, 0.2) is 36.5 Å². The highest BCUT2D eigenvalue weighted by molar-refractivity contribution is 5.92. The number of nitrogens with zero attached hydrogens (tertiary/aromatic N) is 2. The molecule has 0 spiro atoms. The van der Waals surface area contributed by atoms with Crippen molar-refractivity contribution in [3.63, 3.8) is 0 Å². The van der Waals surface area contributed by atoms with Crippen molar-refractivity contribution < 1.29 is 4.79 Å². The zero-order valence-corrected chi connectivity index (χ0v) is 11.2. The third-order valence-corrected chi connectivity index (χ3v) is 3.54. The largest absolute Gasteiger partial charge is 0.397 e. The van der Waals surface area contributed by atoms with Gasteiger partial charge in [0.05, 0.1) is 11.4 Å². The van der Waals surface area contributed by atoms with E-state index < -0.39 is 0 Å². The smallest absolute Gasteiger partial charge is 0.271 e. The summed E-state index contributed by atoms with van der Waals surface area (Å²) in [5.74, 6) is 0.691. The summed E-state index contributed by atoms with van der Waals surface area (Å²) in [6.45, 7) is 0.726. The Hall–Kier alpha value is -2.30. The van der Waals surface area contributed by atoms with Gasteiger partial charge in [0, 0.05) is 12.7 Å². The lowest BCUT2D eigenvalue weighted by atomic mass is 10.3. The lowest BCUT2D eigenvalue weighted by Crippen LogP contribution is -2.25. The second kappa shape index (κ2) is 5.36. The van der Waals surface area contributed by atoms with Crippen LogP contribution in [0.25, 0.3) is 5.69 Å². The Kier molecular flexibility index (Phi) is 3.41. The van der Waals surface area contributed by atoms with Crippen LogP contribution in [0.5, 0.6) is 0 Å². The molecule has 5 heteroatoms. The fraction of sp³-hybridized carbons (Fsp3) is 0.333. The lowest BCUT2D eigenvalue weighted by molar-refractivity contribution is 0.0947. The molecule has 0 unspecified atom stereocenters. The first-order chi connectivity index (χ1) is 9.74. The van der Waals surface area contributed by atoms with Crippen LogP contribution in [0, 0.1) is 5.92 Å². The van der Waals surface area contributed by atoms with Crippen LogP contribution in [0.3, 0.4) is 0 Å². The Bertz CT molecular complexity index is 616. The van der Waals surface area contributed by atoms with Gasteiger partial charge in [-0.05, 0) is 30.5 Å². The summed E-state index contributed by atoms with van der Waals surface area (Å²) in [6.07, 6.45) is 5.43. The number of benzene rings is 1. The number of carbonyl (C=O) groups is 1. The zero-order chi connectivity index (χ0) is 13.9. The quantitative estimate of drug-likeness (QED) is 0.816. The molecule has 3 N–H and O–H groups in total. The summed E-state index contributed by atoms with van der Waals surface area (Å²) >= 11 is 0. The first-order valence-corrected chi connectivity index (χ1v) is 6.93. The van der Waals surface area contributed by atoms with Gasteiger partial charge in [-0.3, -0.25) is 4.79 Å². The third-order valence-electron chi connectivity index (χ3n) is 3.54. The molecule has 104 valence electrons. The topological polar surface area (TPSA) is 72.9 Å². The summed E-state index contributed by atoms with van der Waals surface area (Å²) in [4.78, 5) is 12.0. The molecule has 0 radical (unpaired) electrons. The molecule has 0 saturated heterocycles. The molecule has 3 rings (SSSR count). The maximum atomic E-state index is 12.0. The van der Waals surface area contributed by atoms with Crippen molar-refractivity contribution in [1.29, 1.82) is 0 Å². The van der Waals surface area contributed by atoms with Gasteiger partial charge >= 0.3 is 0 Å². The summed E-state index contributed by atoms with van der Waals surface area (Å²) < 4.78 is 1.63. The maximum Gasteiger partial charge on any atom is 0.271 e. The number of amides is 1. The first kappa shape index (κ1) is 12.7. The SMILES string of the molecule is Nc1ccccc1-n1ccc(C(=O)NCCC2CC2)n1. The Morgan fingerprint density at radius 3 is 2.90 bits per heavy atom. The summed E-state index contributed by atoms with van der Waals surface area (Å²) in [7, 11) is 0. The van der Waals surface area contributed by atoms with Gasteiger partial charge in [-0.25, -0.2) is 4.68 Å². The predicted molar refractivity (Wildman–Crippen MR) is 77.7 cm³/mol. The van der Waals surface area contributed by atoms with E-state index in [-0.39, 0.29) is 5.91 Å². The molecule has 1 aliphatic carbocycles. The fourth-order valence-corrected chi connectivity index (χ4v) is 2.16. The minimum atomic E-state index is -0.126. The molecule has 1 saturated carbocycles. The molecular weight excluding hydrogens is 252 g/mol. The van der Waals surface area contributed by atoms with Gasteiger partial charge in [-0.1, -0.05) is 25.0 Å². The van der Waals surface area contributed by atoms with E-state index >= 15 is 0 Å². The lowest BCUT2D eigenvalue weighted by Gasteiger charge is -2.05. The van der Waals surface area contributed by atoms with E-state index in [0.717, 1.165) is 24.6 Å². The number of aromatic nitrogens is 2. The van der Waals surface area contributed by atoms with Crippen LogP contribution in [0.4, 0.5) is 5.69 Å². The van der Waals surface area contributed by atoms with Gasteiger partial charge in [0.2, 0.25) is 0 Å². The number of nitrogens with two attached hydrogens (primary N) is 1. The number of nitrogens with one attached hydrogen (secondary N) is 1. The van der Waals surface area contributed by atoms with Crippen molar-refractivity contribution in [3.05, 3.63) is 42.2 Å². The highest BCUT2D eigenvalue weighted by atomic mass is 16.1. The Morgan fingerprint density at radius 2 is 2.15 bits per heavy atom. The minimum Gasteiger partial charge on any atom is -0.397 e. The average Bonchev–Trinajstić information content (AvgIpc) is 3.14. The molecule has 20 heavy (non-hydrogen) atoms. The van der Waals surface area contributed by atoms with Gasteiger partial charge in [0.1, 0.15) is 0 Å². The van der Waals surface area contributed by atoms with Gasteiger partial charge in [-0.2, -0.15) is 5.10 Å². The second-order valence-corrected chi connectivity index (χ2v) is 5.19. The highest BCUT2D eigenvalue weighted by Gasteiger charge is 2.21. The van der Waals surface area contributed by atoms with Crippen molar-refractivity contribution in [2.24, 2.45) is 5.92 Å². The number of hydrogen-bond acceptors (Lipinski definition) is 3. The molecule has 1 aromatic carbocycles. The van der Waals surface area contributed by atoms with Crippen LogP contribution in [-0.4, -0.2) is 22.2 Å². The Morgan fingerprint density at radius 1 is 1.35 bits per heavy atom. The molecule has 0 atom stereocenters. The van der Waals surface area contributed by atoms with E-state index in [0.29, 0.717) is 11.4 Å². The zero-order valence-electron chi connectivity index (χ0n) is 11.2. The fourth-order valence-electron chi connectivity index (χ4n) is 2.16. The van der Waals surface area contributed by atoms with Crippen molar-refractivity contribution >= 4 is 11.6 Å². The molecule has 0 bridgehead atoms. The van der Waals surface area contributed by atoms with E-state index in [2.05, 4.69) is 10.4 Å². The molecular formula is C15H18N4O. The summed E-state index contributed by atoms with van der Waals surface area (Å²) in [5, 5.41) is 7.18. The minimum absolute atomic E-state index is 0.126. The first-order valence-electron chi connectivity index (χ1n) is 6.93. The van der Waals surface area contributed by atoms with Crippen LogP contribution >= 0.6 is 0 Å². The monoisotopic (exact) mass is 270 g/mol. The van der Waals surface area contributed by atoms with Gasteiger partial charge in [0.25, 0.3) is 5.91 Å². The third kappa shape index (κ3) is 2.82. The predicted octanol–water partition coefficient (Wildman–Crippen LogP) is 1.98. The molecule has 1 aromatic heterocycles. The number of hydrogen-bond donors (Lipinski definition) is 2. The van der Waals surface area contributed by atoms with Gasteiger partial charge < -0.3 is 11.1 Å². The molecule has 1 aliphatic rings. The highest BCUT2D eigenvalue weighted by Crippen LogP contribution is 2.31. The Labute approximate surface area is 117 Å².